The van der Waals surface area contributed by atoms with Gasteiger partial charge in [-0.1, -0.05) is 6.08 Å². The Morgan fingerprint density at radius 1 is 1.25 bits per heavy atom. The smallest absolute Gasteiger partial charge is 0.355 e. The molecule has 0 aliphatic carbocycles. The van der Waals surface area contributed by atoms with Crippen molar-refractivity contribution in [3.05, 3.63) is 51.6 Å². The summed E-state index contributed by atoms with van der Waals surface area (Å²) in [5.41, 5.74) is -2.77. The maximum atomic E-state index is 13.8. The lowest BCUT2D eigenvalue weighted by atomic mass is 10.3. The van der Waals surface area contributed by atoms with E-state index in [1.807, 2.05) is 0 Å². The molecule has 130 valence electrons. The summed E-state index contributed by atoms with van der Waals surface area (Å²) in [6.07, 6.45) is 2.43. The molecule has 0 bridgehead atoms. The first-order chi connectivity index (χ1) is 11.4. The number of halogens is 1. The van der Waals surface area contributed by atoms with E-state index in [2.05, 4.69) is 11.3 Å². The summed E-state index contributed by atoms with van der Waals surface area (Å²) < 4.78 is 24.3. The fourth-order valence-corrected chi connectivity index (χ4v) is 1.76. The molecule has 0 saturated heterocycles. The molecule has 0 aromatic carbocycles. The van der Waals surface area contributed by atoms with E-state index in [-0.39, 0.29) is 19.8 Å². The Morgan fingerprint density at radius 2 is 1.88 bits per heavy atom. The van der Waals surface area contributed by atoms with E-state index in [0.717, 1.165) is 0 Å². The number of aromatic nitrogens is 2. The number of nitrogens with zero attached hydrogens (tertiary/aromatic N) is 2. The van der Waals surface area contributed by atoms with Crippen LogP contribution < -0.4 is 11.2 Å². The quantitative estimate of drug-likeness (QED) is 0.402. The van der Waals surface area contributed by atoms with E-state index in [0.29, 0.717) is 21.4 Å². The van der Waals surface area contributed by atoms with E-state index < -0.39 is 34.7 Å². The van der Waals surface area contributed by atoms with Crippen LogP contribution in [0.5, 0.6) is 0 Å². The van der Waals surface area contributed by atoms with E-state index >= 15 is 0 Å². The standard InChI is InChI=1S/C15H17FN2O6/c1-4-7-17-13(20)10(16)9-18(15(17)22)11(14(21)24-6-3)8-12(19)23-5-2/h4,8-9H,1,5-7H2,2-3H3/b11-8+. The zero-order chi connectivity index (χ0) is 18.3. The zero-order valence-corrected chi connectivity index (χ0v) is 13.3. The van der Waals surface area contributed by atoms with Gasteiger partial charge in [0.15, 0.2) is 0 Å². The number of carbonyl (C=O) groups is 2. The van der Waals surface area contributed by atoms with Crippen LogP contribution in [0.2, 0.25) is 0 Å². The van der Waals surface area contributed by atoms with E-state index in [1.165, 1.54) is 13.0 Å². The first-order valence-corrected chi connectivity index (χ1v) is 7.06. The van der Waals surface area contributed by atoms with Crippen LogP contribution in [-0.4, -0.2) is 34.3 Å². The van der Waals surface area contributed by atoms with Crippen molar-refractivity contribution >= 4 is 17.6 Å². The molecule has 0 saturated carbocycles. The minimum Gasteiger partial charge on any atom is -0.463 e. The molecular formula is C15H17FN2O6. The first-order valence-electron chi connectivity index (χ1n) is 7.06. The number of ether oxygens (including phenoxy) is 2. The fourth-order valence-electron chi connectivity index (χ4n) is 1.76. The summed E-state index contributed by atoms with van der Waals surface area (Å²) >= 11 is 0. The zero-order valence-electron chi connectivity index (χ0n) is 13.3. The monoisotopic (exact) mass is 340 g/mol. The molecule has 0 atom stereocenters. The molecule has 24 heavy (non-hydrogen) atoms. The largest absolute Gasteiger partial charge is 0.463 e. The fraction of sp³-hybridized carbons (Fsp3) is 0.333. The van der Waals surface area contributed by atoms with Crippen LogP contribution in [0, 0.1) is 5.82 Å². The molecule has 1 aromatic rings. The van der Waals surface area contributed by atoms with Crippen LogP contribution in [0.15, 0.2) is 34.5 Å². The summed E-state index contributed by atoms with van der Waals surface area (Å²) in [7, 11) is 0. The second-order valence-corrected chi connectivity index (χ2v) is 4.34. The van der Waals surface area contributed by atoms with Crippen molar-refractivity contribution in [2.24, 2.45) is 0 Å². The van der Waals surface area contributed by atoms with Crippen molar-refractivity contribution in [1.82, 2.24) is 9.13 Å². The topological polar surface area (TPSA) is 96.6 Å². The Kier molecular flexibility index (Phi) is 6.84. The molecule has 0 N–H and O–H groups in total. The highest BCUT2D eigenvalue weighted by atomic mass is 19.1. The van der Waals surface area contributed by atoms with Gasteiger partial charge in [0.2, 0.25) is 5.82 Å². The van der Waals surface area contributed by atoms with Crippen LogP contribution in [0.25, 0.3) is 5.70 Å². The minimum absolute atomic E-state index is 0.0324. The van der Waals surface area contributed by atoms with Crippen molar-refractivity contribution in [1.29, 1.82) is 0 Å². The predicted octanol–water partition coefficient (Wildman–Crippen LogP) is 0.302. The Morgan fingerprint density at radius 3 is 2.42 bits per heavy atom. The number of hydrogen-bond donors (Lipinski definition) is 0. The summed E-state index contributed by atoms with van der Waals surface area (Å²) in [6, 6.07) is 0. The van der Waals surface area contributed by atoms with Gasteiger partial charge < -0.3 is 9.47 Å². The van der Waals surface area contributed by atoms with E-state index in [4.69, 9.17) is 4.74 Å². The first kappa shape index (κ1) is 19.1. The average Bonchev–Trinajstić information content (AvgIpc) is 2.53. The molecule has 0 fully saturated rings. The van der Waals surface area contributed by atoms with Crippen molar-refractivity contribution < 1.29 is 23.5 Å². The lowest BCUT2D eigenvalue weighted by Crippen LogP contribution is -2.41. The normalized spacial score (nSPS) is 11.0. The summed E-state index contributed by atoms with van der Waals surface area (Å²) in [5, 5.41) is 0. The molecule has 0 amide bonds. The third kappa shape index (κ3) is 4.28. The van der Waals surface area contributed by atoms with E-state index in [1.54, 1.807) is 6.92 Å². The van der Waals surface area contributed by atoms with Crippen molar-refractivity contribution in [2.45, 2.75) is 20.4 Å². The number of esters is 2. The molecule has 1 rings (SSSR count). The van der Waals surface area contributed by atoms with Gasteiger partial charge in [0, 0.05) is 6.54 Å². The Balaban J connectivity index is 3.62. The number of allylic oxidation sites excluding steroid dienone is 1. The van der Waals surface area contributed by atoms with Gasteiger partial charge in [-0.3, -0.25) is 13.9 Å². The lowest BCUT2D eigenvalue weighted by molar-refractivity contribution is -0.139. The van der Waals surface area contributed by atoms with Gasteiger partial charge >= 0.3 is 17.6 Å². The molecule has 1 heterocycles. The molecular weight excluding hydrogens is 323 g/mol. The molecule has 0 radical (unpaired) electrons. The van der Waals surface area contributed by atoms with Gasteiger partial charge in [0.05, 0.1) is 25.5 Å². The van der Waals surface area contributed by atoms with Crippen molar-refractivity contribution in [2.75, 3.05) is 13.2 Å². The number of carbonyl (C=O) groups excluding carboxylic acids is 2. The molecule has 9 heteroatoms. The third-order valence-corrected chi connectivity index (χ3v) is 2.73. The highest BCUT2D eigenvalue weighted by Crippen LogP contribution is 2.06. The molecule has 0 spiro atoms. The average molecular weight is 340 g/mol. The van der Waals surface area contributed by atoms with Gasteiger partial charge in [-0.15, -0.1) is 6.58 Å². The van der Waals surface area contributed by atoms with Crippen LogP contribution >= 0.6 is 0 Å². The second-order valence-electron chi connectivity index (χ2n) is 4.34. The molecule has 0 aliphatic rings. The minimum atomic E-state index is -1.28. The highest BCUT2D eigenvalue weighted by molar-refractivity contribution is 6.14. The van der Waals surface area contributed by atoms with Crippen molar-refractivity contribution in [3.8, 4) is 0 Å². The summed E-state index contributed by atoms with van der Waals surface area (Å²) in [5.74, 6) is -3.25. The second kappa shape index (κ2) is 8.61. The molecule has 8 nitrogen and oxygen atoms in total. The van der Waals surface area contributed by atoms with Gasteiger partial charge in [-0.25, -0.2) is 14.4 Å². The van der Waals surface area contributed by atoms with Crippen molar-refractivity contribution in [3.63, 3.8) is 0 Å². The summed E-state index contributed by atoms with van der Waals surface area (Å²) in [6.45, 7) is 6.15. The SMILES string of the molecule is C=CCn1c(=O)c(F)cn(/C(=C/C(=O)OCC)C(=O)OCC)c1=O. The Bertz CT molecular complexity index is 790. The summed E-state index contributed by atoms with van der Waals surface area (Å²) in [4.78, 5) is 47.6. The predicted molar refractivity (Wildman–Crippen MR) is 82.7 cm³/mol. The van der Waals surface area contributed by atoms with Crippen LogP contribution in [0.3, 0.4) is 0 Å². The maximum absolute atomic E-state index is 13.8. The maximum Gasteiger partial charge on any atom is 0.355 e. The lowest BCUT2D eigenvalue weighted by Gasteiger charge is -2.12. The molecule has 1 aromatic heterocycles. The highest BCUT2D eigenvalue weighted by Gasteiger charge is 2.20. The molecule has 0 aliphatic heterocycles. The number of hydrogen-bond acceptors (Lipinski definition) is 6. The van der Waals surface area contributed by atoms with Gasteiger partial charge in [-0.2, -0.15) is 4.39 Å². The van der Waals surface area contributed by atoms with Gasteiger partial charge in [-0.05, 0) is 13.8 Å². The van der Waals surface area contributed by atoms with E-state index in [9.17, 15) is 23.6 Å². The Hall–Kier alpha value is -2.97. The van der Waals surface area contributed by atoms with Crippen LogP contribution in [-0.2, 0) is 25.6 Å². The van der Waals surface area contributed by atoms with Gasteiger partial charge in [0.25, 0.3) is 5.56 Å². The third-order valence-electron chi connectivity index (χ3n) is 2.73. The molecule has 0 unspecified atom stereocenters. The number of rotatable bonds is 7. The Labute approximate surface area is 136 Å². The van der Waals surface area contributed by atoms with Gasteiger partial charge in [0.1, 0.15) is 5.70 Å². The van der Waals surface area contributed by atoms with Crippen LogP contribution in [0.4, 0.5) is 4.39 Å². The van der Waals surface area contributed by atoms with Crippen LogP contribution in [0.1, 0.15) is 13.8 Å².